The Hall–Kier alpha value is -1.81. The number of halogens is 1. The van der Waals surface area contributed by atoms with E-state index in [2.05, 4.69) is 4.90 Å². The molecule has 2 aliphatic rings. The molecule has 0 radical (unpaired) electrons. The van der Waals surface area contributed by atoms with Gasteiger partial charge >= 0.3 is 0 Å². The molecule has 1 aromatic carbocycles. The summed E-state index contributed by atoms with van der Waals surface area (Å²) in [4.78, 5) is 17.7. The Labute approximate surface area is 180 Å². The number of carbonyl (C=O) groups excluding carboxylic acids is 1. The van der Waals surface area contributed by atoms with Crippen LogP contribution in [0.25, 0.3) is 0 Å². The van der Waals surface area contributed by atoms with E-state index < -0.39 is 10.0 Å². The first kappa shape index (κ1) is 21.4. The van der Waals surface area contributed by atoms with Crippen LogP contribution in [0.5, 0.6) is 0 Å². The first-order valence-electron chi connectivity index (χ1n) is 10.3. The van der Waals surface area contributed by atoms with Crippen LogP contribution in [0.2, 0.25) is 0 Å². The van der Waals surface area contributed by atoms with Gasteiger partial charge in [-0.05, 0) is 48.4 Å². The van der Waals surface area contributed by atoms with E-state index in [0.717, 1.165) is 31.4 Å². The molecule has 1 amide bonds. The van der Waals surface area contributed by atoms with Crippen LogP contribution in [0.4, 0.5) is 4.39 Å². The molecule has 2 saturated heterocycles. The van der Waals surface area contributed by atoms with Gasteiger partial charge in [0, 0.05) is 45.8 Å². The maximum absolute atomic E-state index is 13.2. The minimum absolute atomic E-state index is 0.145. The molecule has 0 spiro atoms. The number of carbonyl (C=O) groups is 1. The van der Waals surface area contributed by atoms with Crippen molar-refractivity contribution in [3.63, 3.8) is 0 Å². The lowest BCUT2D eigenvalue weighted by Crippen LogP contribution is -2.36. The van der Waals surface area contributed by atoms with Gasteiger partial charge in [-0.15, -0.1) is 11.3 Å². The van der Waals surface area contributed by atoms with Crippen molar-refractivity contribution in [3.05, 3.63) is 52.0 Å². The van der Waals surface area contributed by atoms with E-state index >= 15 is 0 Å². The van der Waals surface area contributed by atoms with Crippen molar-refractivity contribution in [2.45, 2.75) is 30.7 Å². The zero-order valence-electron chi connectivity index (χ0n) is 16.8. The Bertz CT molecular complexity index is 985. The summed E-state index contributed by atoms with van der Waals surface area (Å²) in [5.41, 5.74) is 1.04. The summed E-state index contributed by atoms with van der Waals surface area (Å²) < 4.78 is 40.6. The van der Waals surface area contributed by atoms with E-state index in [1.165, 1.54) is 27.8 Å². The maximum Gasteiger partial charge on any atom is 0.265 e. The summed E-state index contributed by atoms with van der Waals surface area (Å²) in [6.45, 7) is 4.42. The highest BCUT2D eigenvalue weighted by molar-refractivity contribution is 7.89. The molecule has 6 nitrogen and oxygen atoms in total. The lowest BCUT2D eigenvalue weighted by molar-refractivity contribution is 0.0762. The number of amides is 1. The third kappa shape index (κ3) is 4.59. The van der Waals surface area contributed by atoms with E-state index in [0.29, 0.717) is 44.1 Å². The molecule has 1 aromatic heterocycles. The summed E-state index contributed by atoms with van der Waals surface area (Å²) in [5.74, 6) is -0.451. The first-order chi connectivity index (χ1) is 14.4. The molecule has 2 aliphatic heterocycles. The van der Waals surface area contributed by atoms with Crippen LogP contribution in [0.3, 0.4) is 0 Å². The van der Waals surface area contributed by atoms with Gasteiger partial charge in [0.1, 0.15) is 15.6 Å². The van der Waals surface area contributed by atoms with E-state index in [4.69, 9.17) is 0 Å². The normalized spacial score (nSPS) is 19.2. The molecular weight excluding hydrogens is 425 g/mol. The van der Waals surface area contributed by atoms with Crippen molar-refractivity contribution in [2.75, 3.05) is 39.3 Å². The van der Waals surface area contributed by atoms with Crippen LogP contribution in [0.15, 0.2) is 40.6 Å². The average molecular weight is 452 g/mol. The van der Waals surface area contributed by atoms with Gasteiger partial charge in [-0.3, -0.25) is 9.69 Å². The van der Waals surface area contributed by atoms with Gasteiger partial charge in [-0.25, -0.2) is 12.8 Å². The second kappa shape index (κ2) is 9.13. The Kier molecular flexibility index (Phi) is 6.52. The highest BCUT2D eigenvalue weighted by Crippen LogP contribution is 2.29. The van der Waals surface area contributed by atoms with Gasteiger partial charge in [0.15, 0.2) is 0 Å². The molecule has 0 bridgehead atoms. The van der Waals surface area contributed by atoms with Crippen molar-refractivity contribution in [1.29, 1.82) is 0 Å². The molecule has 2 fully saturated rings. The number of thiophene rings is 1. The molecule has 162 valence electrons. The average Bonchev–Trinajstić information content (AvgIpc) is 3.40. The van der Waals surface area contributed by atoms with E-state index in [-0.39, 0.29) is 16.6 Å². The summed E-state index contributed by atoms with van der Waals surface area (Å²) >= 11 is 1.20. The predicted molar refractivity (Wildman–Crippen MR) is 115 cm³/mol. The molecule has 0 saturated carbocycles. The van der Waals surface area contributed by atoms with E-state index in [1.54, 1.807) is 28.5 Å². The largest absolute Gasteiger partial charge is 0.337 e. The first-order valence-corrected chi connectivity index (χ1v) is 12.6. The number of rotatable bonds is 5. The Morgan fingerprint density at radius 1 is 0.933 bits per heavy atom. The van der Waals surface area contributed by atoms with Crippen LogP contribution < -0.4 is 0 Å². The van der Waals surface area contributed by atoms with Gasteiger partial charge in [0.25, 0.3) is 5.91 Å². The topological polar surface area (TPSA) is 60.9 Å². The fourth-order valence-electron chi connectivity index (χ4n) is 4.05. The molecule has 0 unspecified atom stereocenters. The number of hydrogen-bond donors (Lipinski definition) is 0. The van der Waals surface area contributed by atoms with Crippen LogP contribution in [-0.2, 0) is 16.6 Å². The van der Waals surface area contributed by atoms with Gasteiger partial charge in [0.05, 0.1) is 0 Å². The molecule has 9 heteroatoms. The molecule has 4 rings (SSSR count). The highest BCUT2D eigenvalue weighted by atomic mass is 32.2. The fourth-order valence-corrected chi connectivity index (χ4v) is 6.93. The van der Waals surface area contributed by atoms with Gasteiger partial charge in [0.2, 0.25) is 10.0 Å². The molecule has 3 heterocycles. The van der Waals surface area contributed by atoms with Crippen LogP contribution >= 0.6 is 11.3 Å². The van der Waals surface area contributed by atoms with Crippen LogP contribution in [-0.4, -0.2) is 67.7 Å². The molecule has 0 atom stereocenters. The van der Waals surface area contributed by atoms with Crippen LogP contribution in [0, 0.1) is 5.82 Å². The number of sulfonamides is 1. The third-order valence-electron chi connectivity index (χ3n) is 5.70. The van der Waals surface area contributed by atoms with Crippen molar-refractivity contribution >= 4 is 27.3 Å². The lowest BCUT2D eigenvalue weighted by Gasteiger charge is -2.22. The fraction of sp³-hybridized carbons (Fsp3) is 0.476. The summed E-state index contributed by atoms with van der Waals surface area (Å²) in [6, 6.07) is 8.04. The summed E-state index contributed by atoms with van der Waals surface area (Å²) in [7, 11) is -3.62. The Morgan fingerprint density at radius 2 is 1.67 bits per heavy atom. The minimum atomic E-state index is -3.62. The molecular formula is C21H26FN3O3S2. The lowest BCUT2D eigenvalue weighted by atomic mass is 10.2. The van der Waals surface area contributed by atoms with Crippen molar-refractivity contribution < 1.29 is 17.6 Å². The molecule has 0 aliphatic carbocycles. The number of benzene rings is 1. The molecule has 30 heavy (non-hydrogen) atoms. The summed E-state index contributed by atoms with van der Waals surface area (Å²) in [6.07, 6.45) is 2.54. The van der Waals surface area contributed by atoms with E-state index in [9.17, 15) is 17.6 Å². The smallest absolute Gasteiger partial charge is 0.265 e. The van der Waals surface area contributed by atoms with Crippen molar-refractivity contribution in [1.82, 2.24) is 14.1 Å². The zero-order valence-corrected chi connectivity index (χ0v) is 18.4. The Morgan fingerprint density at radius 3 is 2.40 bits per heavy atom. The third-order valence-corrected chi connectivity index (χ3v) is 8.67. The maximum atomic E-state index is 13.2. The standard InChI is InChI=1S/C21H26FN3O3S2/c22-18-6-4-17(5-7-18)16-23-9-3-10-24(14-13-23)21(26)20-19(8-15-29-20)30(27,28)25-11-1-2-12-25/h4-8,15H,1-3,9-14,16H2. The van der Waals surface area contributed by atoms with Crippen molar-refractivity contribution in [2.24, 2.45) is 0 Å². The predicted octanol–water partition coefficient (Wildman–Crippen LogP) is 3.02. The minimum Gasteiger partial charge on any atom is -0.337 e. The molecule has 2 aromatic rings. The SMILES string of the molecule is O=C(c1sccc1S(=O)(=O)N1CCCC1)N1CCCN(Cc2ccc(F)cc2)CC1. The van der Waals surface area contributed by atoms with Crippen molar-refractivity contribution in [3.8, 4) is 0 Å². The summed E-state index contributed by atoms with van der Waals surface area (Å²) in [5, 5.41) is 1.69. The van der Waals surface area contributed by atoms with E-state index in [1.807, 2.05) is 0 Å². The van der Waals surface area contributed by atoms with Gasteiger partial charge in [-0.1, -0.05) is 12.1 Å². The van der Waals surface area contributed by atoms with Crippen LogP contribution in [0.1, 0.15) is 34.5 Å². The zero-order chi connectivity index (χ0) is 21.1. The van der Waals surface area contributed by atoms with Gasteiger partial charge < -0.3 is 4.90 Å². The van der Waals surface area contributed by atoms with Gasteiger partial charge in [-0.2, -0.15) is 4.31 Å². The monoisotopic (exact) mass is 451 g/mol. The Balaban J connectivity index is 1.43. The number of nitrogens with zero attached hydrogens (tertiary/aromatic N) is 3. The second-order valence-electron chi connectivity index (χ2n) is 7.77. The number of hydrogen-bond acceptors (Lipinski definition) is 5. The molecule has 0 N–H and O–H groups in total. The quantitative estimate of drug-likeness (QED) is 0.701. The highest BCUT2D eigenvalue weighted by Gasteiger charge is 2.33. The second-order valence-corrected chi connectivity index (χ2v) is 10.6.